The van der Waals surface area contributed by atoms with Crippen LogP contribution in [0.25, 0.3) is 0 Å². The number of hydrogen-bond donors (Lipinski definition) is 1. The molecule has 0 amide bonds. The molecule has 0 bridgehead atoms. The summed E-state index contributed by atoms with van der Waals surface area (Å²) in [6.45, 7) is 0. The minimum Gasteiger partial charge on any atom is -0.449 e. The summed E-state index contributed by atoms with van der Waals surface area (Å²) in [4.78, 5) is 0.0678. The molecule has 9 heteroatoms. The van der Waals surface area contributed by atoms with Crippen molar-refractivity contribution in [1.29, 1.82) is 0 Å². The molecule has 21 heavy (non-hydrogen) atoms. The number of rotatable bonds is 3. The number of benzene rings is 1. The molecular weight excluding hydrogens is 311 g/mol. The molecule has 1 aliphatic heterocycles. The van der Waals surface area contributed by atoms with Gasteiger partial charge >= 0.3 is 7.05 Å². The third-order valence-electron chi connectivity index (χ3n) is 3.03. The van der Waals surface area contributed by atoms with E-state index in [4.69, 9.17) is 4.42 Å². The predicted molar refractivity (Wildman–Crippen MR) is 81.2 cm³/mol. The fourth-order valence-corrected chi connectivity index (χ4v) is 3.67. The van der Waals surface area contributed by atoms with Crippen molar-refractivity contribution in [2.24, 2.45) is 5.10 Å². The number of fused-ring (bicyclic) bond motifs is 1. The Bertz CT molecular complexity index is 789. The van der Waals surface area contributed by atoms with Crippen LogP contribution in [0, 0.1) is 0 Å². The van der Waals surface area contributed by atoms with Gasteiger partial charge in [-0.15, -0.1) is 0 Å². The maximum Gasteiger partial charge on any atom is 0.487 e. The lowest BCUT2D eigenvalue weighted by Crippen LogP contribution is -2.51. The molecule has 0 aliphatic carbocycles. The van der Waals surface area contributed by atoms with Crippen LogP contribution in [0.5, 0.6) is 0 Å². The molecule has 2 heterocycles. The zero-order valence-electron chi connectivity index (χ0n) is 11.0. The quantitative estimate of drug-likeness (QED) is 0.665. The number of hydrogen-bond acceptors (Lipinski definition) is 6. The third-order valence-corrected chi connectivity index (χ3v) is 5.29. The molecule has 1 aromatic carbocycles. The molecule has 0 fully saturated rings. The summed E-state index contributed by atoms with van der Waals surface area (Å²) in [7, 11) is -5.32. The smallest absolute Gasteiger partial charge is 0.449 e. The highest BCUT2D eigenvalue weighted by molar-refractivity contribution is 7.98. The van der Waals surface area contributed by atoms with Gasteiger partial charge in [0.2, 0.25) is 0 Å². The Morgan fingerprint density at radius 1 is 1.33 bits per heavy atom. The van der Waals surface area contributed by atoms with E-state index in [1.807, 2.05) is 6.26 Å². The molecule has 0 saturated heterocycles. The largest absolute Gasteiger partial charge is 0.487 e. The number of nitrogens with zero attached hydrogens (tertiary/aromatic N) is 2. The molecule has 1 aliphatic rings. The van der Waals surface area contributed by atoms with Gasteiger partial charge in [0.25, 0.3) is 10.0 Å². The highest BCUT2D eigenvalue weighted by Crippen LogP contribution is 2.22. The van der Waals surface area contributed by atoms with Gasteiger partial charge in [-0.05, 0) is 24.5 Å². The summed E-state index contributed by atoms with van der Waals surface area (Å²) in [6.07, 6.45) is 3.12. The average molecular weight is 322 g/mol. The van der Waals surface area contributed by atoms with Crippen LogP contribution in [0.15, 0.2) is 55.9 Å². The van der Waals surface area contributed by atoms with Crippen LogP contribution in [0.2, 0.25) is 0 Å². The number of sulfonamides is 1. The van der Waals surface area contributed by atoms with Crippen molar-refractivity contribution in [3.8, 4) is 0 Å². The van der Waals surface area contributed by atoms with Crippen molar-refractivity contribution in [2.45, 2.75) is 9.99 Å². The molecule has 3 rings (SSSR count). The van der Waals surface area contributed by atoms with Gasteiger partial charge in [-0.1, -0.05) is 30.0 Å². The van der Waals surface area contributed by atoms with E-state index in [1.165, 1.54) is 30.1 Å². The standard InChI is InChI=1S/C12H11BN2O4S2/c1-20-12-7-10-11(19-12)8-14-15(13(10)16)21(17,18)9-5-3-2-4-6-9/h2-8,16H,1H3. The zero-order valence-corrected chi connectivity index (χ0v) is 12.6. The van der Waals surface area contributed by atoms with Crippen LogP contribution in [0.3, 0.4) is 0 Å². The van der Waals surface area contributed by atoms with Crippen LogP contribution in [-0.4, -0.2) is 37.3 Å². The lowest BCUT2D eigenvalue weighted by molar-refractivity contribution is 0.455. The SMILES string of the molecule is CSc1cc2c(o1)C=NN(S(=O)(=O)c1ccccc1)B2O. The minimum absolute atomic E-state index is 0.0678. The van der Waals surface area contributed by atoms with E-state index in [9.17, 15) is 13.4 Å². The Balaban J connectivity index is 2.02. The highest BCUT2D eigenvalue weighted by atomic mass is 32.2. The van der Waals surface area contributed by atoms with Crippen molar-refractivity contribution in [1.82, 2.24) is 4.33 Å². The fourth-order valence-electron chi connectivity index (χ4n) is 1.98. The Hall–Kier alpha value is -1.71. The zero-order chi connectivity index (χ0) is 15.0. The van der Waals surface area contributed by atoms with Gasteiger partial charge in [0.15, 0.2) is 5.09 Å². The Labute approximate surface area is 126 Å². The van der Waals surface area contributed by atoms with Gasteiger partial charge in [-0.2, -0.15) is 9.43 Å². The van der Waals surface area contributed by atoms with Crippen LogP contribution < -0.4 is 5.46 Å². The van der Waals surface area contributed by atoms with E-state index in [0.717, 1.165) is 0 Å². The van der Waals surface area contributed by atoms with Crippen LogP contribution in [0.1, 0.15) is 5.76 Å². The maximum absolute atomic E-state index is 12.5. The molecule has 0 atom stereocenters. The Morgan fingerprint density at radius 3 is 2.71 bits per heavy atom. The molecule has 2 aromatic rings. The first kappa shape index (κ1) is 14.2. The number of thioether (sulfide) groups is 1. The van der Waals surface area contributed by atoms with E-state index < -0.39 is 17.1 Å². The molecule has 0 radical (unpaired) electrons. The Morgan fingerprint density at radius 2 is 2.05 bits per heavy atom. The van der Waals surface area contributed by atoms with Crippen molar-refractivity contribution in [3.05, 3.63) is 42.2 Å². The van der Waals surface area contributed by atoms with Gasteiger partial charge in [0, 0.05) is 5.46 Å². The topological polar surface area (TPSA) is 83.1 Å². The van der Waals surface area contributed by atoms with Gasteiger partial charge in [0.05, 0.1) is 11.1 Å². The van der Waals surface area contributed by atoms with Crippen LogP contribution in [0.4, 0.5) is 0 Å². The summed E-state index contributed by atoms with van der Waals surface area (Å²) < 4.78 is 31.1. The van der Waals surface area contributed by atoms with Gasteiger partial charge < -0.3 is 9.44 Å². The molecule has 0 spiro atoms. The first-order valence-corrected chi connectivity index (χ1v) is 8.70. The number of hydrazone groups is 1. The second-order valence-corrected chi connectivity index (χ2v) is 6.90. The third kappa shape index (κ3) is 2.37. The summed E-state index contributed by atoms with van der Waals surface area (Å²) >= 11 is 1.36. The average Bonchev–Trinajstić information content (AvgIpc) is 2.92. The normalized spacial score (nSPS) is 14.4. The Kier molecular flexibility index (Phi) is 3.56. The first-order chi connectivity index (χ1) is 10.0. The second-order valence-electron chi connectivity index (χ2n) is 4.30. The van der Waals surface area contributed by atoms with Crippen LogP contribution >= 0.6 is 11.8 Å². The maximum atomic E-state index is 12.5. The molecule has 0 unspecified atom stereocenters. The highest BCUT2D eigenvalue weighted by Gasteiger charge is 2.40. The monoisotopic (exact) mass is 322 g/mol. The number of furan rings is 1. The van der Waals surface area contributed by atoms with Gasteiger partial charge in [0.1, 0.15) is 5.76 Å². The summed E-state index contributed by atoms with van der Waals surface area (Å²) in [5.74, 6) is 0.367. The summed E-state index contributed by atoms with van der Waals surface area (Å²) in [5.41, 5.74) is 0.383. The first-order valence-electron chi connectivity index (χ1n) is 6.03. The molecule has 108 valence electrons. The van der Waals surface area contributed by atoms with E-state index in [2.05, 4.69) is 5.10 Å². The van der Waals surface area contributed by atoms with Gasteiger partial charge in [-0.25, -0.2) is 8.42 Å². The molecular formula is C12H11BN2O4S2. The molecule has 1 N–H and O–H groups in total. The van der Waals surface area contributed by atoms with E-state index >= 15 is 0 Å². The second kappa shape index (κ2) is 5.25. The van der Waals surface area contributed by atoms with Crippen molar-refractivity contribution in [2.75, 3.05) is 6.26 Å². The fraction of sp³-hybridized carbons (Fsp3) is 0.0833. The van der Waals surface area contributed by atoms with Crippen molar-refractivity contribution >= 4 is 40.5 Å². The van der Waals surface area contributed by atoms with E-state index in [1.54, 1.807) is 24.3 Å². The molecule has 0 saturated carbocycles. The van der Waals surface area contributed by atoms with E-state index in [-0.39, 0.29) is 4.90 Å². The molecule has 1 aromatic heterocycles. The lowest BCUT2D eigenvalue weighted by Gasteiger charge is -2.23. The lowest BCUT2D eigenvalue weighted by atomic mass is 9.74. The predicted octanol–water partition coefficient (Wildman–Crippen LogP) is 0.727. The van der Waals surface area contributed by atoms with Crippen molar-refractivity contribution in [3.63, 3.8) is 0 Å². The van der Waals surface area contributed by atoms with Crippen molar-refractivity contribution < 1.29 is 17.9 Å². The van der Waals surface area contributed by atoms with Gasteiger partial charge in [-0.3, -0.25) is 0 Å². The molecule has 6 nitrogen and oxygen atoms in total. The minimum atomic E-state index is -3.91. The summed E-state index contributed by atoms with van der Waals surface area (Å²) in [5, 5.41) is 14.7. The summed E-state index contributed by atoms with van der Waals surface area (Å²) in [6, 6.07) is 9.47. The van der Waals surface area contributed by atoms with E-state index in [0.29, 0.717) is 20.6 Å². The van der Waals surface area contributed by atoms with Crippen LogP contribution in [-0.2, 0) is 10.0 Å².